The van der Waals surface area contributed by atoms with Crippen molar-refractivity contribution < 1.29 is 18.3 Å². The molecule has 0 aliphatic carbocycles. The van der Waals surface area contributed by atoms with E-state index in [9.17, 15) is 18.8 Å². The molecule has 0 aliphatic heterocycles. The van der Waals surface area contributed by atoms with Gasteiger partial charge in [0.2, 0.25) is 0 Å². The van der Waals surface area contributed by atoms with Crippen LogP contribution in [0, 0.1) is 23.0 Å². The molecule has 4 nitrogen and oxygen atoms in total. The maximum absolute atomic E-state index is 14.0. The van der Waals surface area contributed by atoms with E-state index >= 15 is 0 Å². The Balaban J connectivity index is 0.00000145. The Bertz CT molecular complexity index is 1050. The van der Waals surface area contributed by atoms with E-state index in [1.807, 2.05) is 0 Å². The Morgan fingerprint density at radius 1 is 1.14 bits per heavy atom. The molecule has 0 aliphatic rings. The molecule has 0 N–H and O–H groups in total. The molecule has 29 heavy (non-hydrogen) atoms. The van der Waals surface area contributed by atoms with Gasteiger partial charge in [0.1, 0.15) is 23.4 Å². The number of ether oxygens (including phenoxy) is 1. The molecule has 0 amide bonds. The Hall–Kier alpha value is -3.11. The van der Waals surface area contributed by atoms with Gasteiger partial charge in [-0.15, -0.1) is 0 Å². The molecule has 0 bridgehead atoms. The van der Waals surface area contributed by atoms with E-state index in [4.69, 9.17) is 4.74 Å². The molecule has 0 saturated heterocycles. The number of halogens is 2. The van der Waals surface area contributed by atoms with Crippen molar-refractivity contribution in [3.63, 3.8) is 0 Å². The number of hydrogen-bond acceptors (Lipinski definition) is 4. The SMILES string of the molecule is CCOC(=O)c1c(-c2ccc(-c3ccc(F)cc3F)cc2)c(C#N)cn1C.CS. The van der Waals surface area contributed by atoms with Crippen LogP contribution in [0.4, 0.5) is 8.78 Å². The topological polar surface area (TPSA) is 55.0 Å². The molecule has 0 unspecified atom stereocenters. The van der Waals surface area contributed by atoms with Gasteiger partial charge in [-0.25, -0.2) is 13.6 Å². The summed E-state index contributed by atoms with van der Waals surface area (Å²) in [4.78, 5) is 12.3. The first kappa shape index (κ1) is 22.2. The summed E-state index contributed by atoms with van der Waals surface area (Å²) in [6.07, 6.45) is 3.26. The van der Waals surface area contributed by atoms with Gasteiger partial charge in [0.25, 0.3) is 0 Å². The van der Waals surface area contributed by atoms with E-state index in [0.29, 0.717) is 22.3 Å². The highest BCUT2D eigenvalue weighted by Crippen LogP contribution is 2.32. The number of hydrogen-bond donors (Lipinski definition) is 1. The Labute approximate surface area is 173 Å². The van der Waals surface area contributed by atoms with Crippen LogP contribution < -0.4 is 0 Å². The lowest BCUT2D eigenvalue weighted by atomic mass is 9.98. The van der Waals surface area contributed by atoms with Crippen molar-refractivity contribution in [3.8, 4) is 28.3 Å². The van der Waals surface area contributed by atoms with Crippen molar-refractivity contribution >= 4 is 18.6 Å². The molecular weight excluding hydrogens is 394 g/mol. The fourth-order valence-corrected chi connectivity index (χ4v) is 2.99. The van der Waals surface area contributed by atoms with Crippen LogP contribution in [0.1, 0.15) is 23.0 Å². The van der Waals surface area contributed by atoms with Crippen LogP contribution in [0.25, 0.3) is 22.3 Å². The van der Waals surface area contributed by atoms with E-state index in [0.717, 1.165) is 6.07 Å². The fraction of sp³-hybridized carbons (Fsp3) is 0.182. The van der Waals surface area contributed by atoms with Crippen LogP contribution >= 0.6 is 12.6 Å². The summed E-state index contributed by atoms with van der Waals surface area (Å²) < 4.78 is 33.7. The highest BCUT2D eigenvalue weighted by atomic mass is 32.1. The quantitative estimate of drug-likeness (QED) is 0.470. The minimum absolute atomic E-state index is 0.216. The van der Waals surface area contributed by atoms with Gasteiger partial charge in [0.15, 0.2) is 0 Å². The molecule has 7 heteroatoms. The van der Waals surface area contributed by atoms with Gasteiger partial charge < -0.3 is 9.30 Å². The zero-order chi connectivity index (χ0) is 21.6. The van der Waals surface area contributed by atoms with Gasteiger partial charge in [0, 0.05) is 30.4 Å². The lowest BCUT2D eigenvalue weighted by molar-refractivity contribution is 0.0516. The van der Waals surface area contributed by atoms with E-state index in [2.05, 4.69) is 18.7 Å². The summed E-state index contributed by atoms with van der Waals surface area (Å²) in [6, 6.07) is 12.2. The maximum Gasteiger partial charge on any atom is 0.355 e. The molecule has 2 aromatic carbocycles. The summed E-state index contributed by atoms with van der Waals surface area (Å²) in [6.45, 7) is 1.92. The summed E-state index contributed by atoms with van der Waals surface area (Å²) in [5.41, 5.74) is 2.52. The molecule has 0 saturated carbocycles. The third kappa shape index (κ3) is 4.66. The smallest absolute Gasteiger partial charge is 0.355 e. The molecule has 150 valence electrons. The number of benzene rings is 2. The predicted octanol–water partition coefficient (Wildman–Crippen LogP) is 5.23. The third-order valence-electron chi connectivity index (χ3n) is 4.19. The lowest BCUT2D eigenvalue weighted by Gasteiger charge is -2.09. The number of nitriles is 1. The minimum atomic E-state index is -0.660. The van der Waals surface area contributed by atoms with Crippen molar-refractivity contribution in [1.29, 1.82) is 5.26 Å². The standard InChI is InChI=1S/C21H16F2N2O2.CH4S/c1-3-27-21(26)20-19(15(11-24)12-25(20)2)14-6-4-13(5-7-14)17-9-8-16(22)10-18(17)23;1-2/h4-10,12H,3H2,1-2H3;2H,1H3. The van der Waals surface area contributed by atoms with Crippen molar-refractivity contribution in [2.45, 2.75) is 6.92 Å². The molecule has 0 atom stereocenters. The summed E-state index contributed by atoms with van der Waals surface area (Å²) >= 11 is 3.53. The Morgan fingerprint density at radius 3 is 2.31 bits per heavy atom. The van der Waals surface area contributed by atoms with Crippen LogP contribution in [0.5, 0.6) is 0 Å². The van der Waals surface area contributed by atoms with Crippen LogP contribution in [-0.2, 0) is 11.8 Å². The van der Waals surface area contributed by atoms with Crippen LogP contribution in [-0.4, -0.2) is 23.4 Å². The second kappa shape index (κ2) is 9.89. The van der Waals surface area contributed by atoms with Crippen LogP contribution in [0.2, 0.25) is 0 Å². The van der Waals surface area contributed by atoms with Gasteiger partial charge in [-0.3, -0.25) is 0 Å². The number of thiol groups is 1. The van der Waals surface area contributed by atoms with Crippen molar-refractivity contribution in [2.75, 3.05) is 12.9 Å². The first-order valence-corrected chi connectivity index (χ1v) is 9.62. The number of carbonyl (C=O) groups is 1. The summed E-state index contributed by atoms with van der Waals surface area (Å²) in [7, 11) is 1.67. The number of carbonyl (C=O) groups excluding carboxylic acids is 1. The van der Waals surface area contributed by atoms with Crippen LogP contribution in [0.3, 0.4) is 0 Å². The fourth-order valence-electron chi connectivity index (χ4n) is 2.99. The molecule has 0 spiro atoms. The first-order chi connectivity index (χ1) is 14.0. The highest BCUT2D eigenvalue weighted by Gasteiger charge is 2.23. The molecule has 1 aromatic heterocycles. The predicted molar refractivity (Wildman–Crippen MR) is 112 cm³/mol. The molecule has 3 aromatic rings. The molecule has 1 heterocycles. The van der Waals surface area contributed by atoms with E-state index in [1.54, 1.807) is 55.3 Å². The largest absolute Gasteiger partial charge is 0.461 e. The normalized spacial score (nSPS) is 9.97. The number of aryl methyl sites for hydroxylation is 1. The Morgan fingerprint density at radius 2 is 1.76 bits per heavy atom. The van der Waals surface area contributed by atoms with Crippen LogP contribution in [0.15, 0.2) is 48.7 Å². The third-order valence-corrected chi connectivity index (χ3v) is 4.19. The van der Waals surface area contributed by atoms with E-state index in [-0.39, 0.29) is 17.9 Å². The molecule has 0 radical (unpaired) electrons. The highest BCUT2D eigenvalue weighted by molar-refractivity contribution is 7.79. The number of aromatic nitrogens is 1. The van der Waals surface area contributed by atoms with E-state index < -0.39 is 17.6 Å². The zero-order valence-corrected chi connectivity index (χ0v) is 17.1. The van der Waals surface area contributed by atoms with Gasteiger partial charge >= 0.3 is 5.97 Å². The van der Waals surface area contributed by atoms with Gasteiger partial charge in [-0.05, 0) is 36.4 Å². The average Bonchev–Trinajstić information content (AvgIpc) is 3.06. The maximum atomic E-state index is 14.0. The molecule has 0 fully saturated rings. The van der Waals surface area contributed by atoms with E-state index in [1.165, 1.54) is 12.1 Å². The van der Waals surface area contributed by atoms with Crippen molar-refractivity contribution in [3.05, 3.63) is 71.6 Å². The summed E-state index contributed by atoms with van der Waals surface area (Å²) in [5.74, 6) is -1.83. The number of esters is 1. The number of rotatable bonds is 4. The number of nitrogens with zero attached hydrogens (tertiary/aromatic N) is 2. The van der Waals surface area contributed by atoms with Gasteiger partial charge in [-0.2, -0.15) is 17.9 Å². The summed E-state index contributed by atoms with van der Waals surface area (Å²) in [5, 5.41) is 9.42. The second-order valence-electron chi connectivity index (χ2n) is 5.91. The zero-order valence-electron chi connectivity index (χ0n) is 16.2. The molecular formula is C22H20F2N2O2S. The Kier molecular flexibility index (Phi) is 7.57. The van der Waals surface area contributed by atoms with Crippen molar-refractivity contribution in [2.24, 2.45) is 7.05 Å². The monoisotopic (exact) mass is 414 g/mol. The average molecular weight is 414 g/mol. The second-order valence-corrected chi connectivity index (χ2v) is 5.91. The molecule has 3 rings (SSSR count). The minimum Gasteiger partial charge on any atom is -0.461 e. The van der Waals surface area contributed by atoms with Crippen molar-refractivity contribution in [1.82, 2.24) is 4.57 Å². The first-order valence-electron chi connectivity index (χ1n) is 8.73. The van der Waals surface area contributed by atoms with Gasteiger partial charge in [0.05, 0.1) is 12.2 Å². The van der Waals surface area contributed by atoms with Gasteiger partial charge in [-0.1, -0.05) is 24.3 Å². The lowest BCUT2D eigenvalue weighted by Crippen LogP contribution is -2.10.